The van der Waals surface area contributed by atoms with Crippen LogP contribution in [0, 0.1) is 11.8 Å². The van der Waals surface area contributed by atoms with Crippen molar-refractivity contribution in [3.8, 4) is 0 Å². The fraction of sp³-hybridized carbons (Fsp3) is 0.643. The Kier molecular flexibility index (Phi) is 7.76. The summed E-state index contributed by atoms with van der Waals surface area (Å²) in [6, 6.07) is 0. The molecule has 3 N–H and O–H groups in total. The van der Waals surface area contributed by atoms with Gasteiger partial charge in [-0.05, 0) is 20.3 Å². The molecule has 0 aliphatic rings. The molecule has 114 valence electrons. The van der Waals surface area contributed by atoms with Crippen LogP contribution in [0.4, 0.5) is 0 Å². The quantitative estimate of drug-likeness (QED) is 0.571. The number of aliphatic carboxylic acids is 1. The predicted molar refractivity (Wildman–Crippen MR) is 74.0 cm³/mol. The second-order valence-corrected chi connectivity index (χ2v) is 4.85. The maximum absolute atomic E-state index is 11.8. The van der Waals surface area contributed by atoms with Gasteiger partial charge in [0.25, 0.3) is 0 Å². The second kappa shape index (κ2) is 8.47. The van der Waals surface area contributed by atoms with Crippen LogP contribution in [0.25, 0.3) is 0 Å². The molecule has 0 spiro atoms. The highest BCUT2D eigenvalue weighted by Gasteiger charge is 2.30. The predicted octanol–water partition coefficient (Wildman–Crippen LogP) is 0.746. The number of carbonyl (C=O) groups is 3. The van der Waals surface area contributed by atoms with Gasteiger partial charge >= 0.3 is 5.97 Å². The van der Waals surface area contributed by atoms with Gasteiger partial charge in [-0.15, -0.1) is 0 Å². The van der Waals surface area contributed by atoms with Crippen molar-refractivity contribution in [3.63, 3.8) is 0 Å². The van der Waals surface area contributed by atoms with Gasteiger partial charge in [-0.3, -0.25) is 14.4 Å². The molecule has 1 amide bonds. The highest BCUT2D eigenvalue weighted by atomic mass is 16.4. The molecule has 0 saturated carbocycles. The van der Waals surface area contributed by atoms with Gasteiger partial charge in [0.15, 0.2) is 5.78 Å². The van der Waals surface area contributed by atoms with Crippen LogP contribution in [0.5, 0.6) is 0 Å². The van der Waals surface area contributed by atoms with E-state index in [0.717, 1.165) is 6.42 Å². The molecule has 20 heavy (non-hydrogen) atoms. The summed E-state index contributed by atoms with van der Waals surface area (Å²) >= 11 is 0. The Balaban J connectivity index is 4.45. The lowest BCUT2D eigenvalue weighted by molar-refractivity contribution is -0.147. The van der Waals surface area contributed by atoms with Crippen LogP contribution in [0.3, 0.4) is 0 Å². The first kappa shape index (κ1) is 18.3. The van der Waals surface area contributed by atoms with Gasteiger partial charge in [0.2, 0.25) is 5.91 Å². The van der Waals surface area contributed by atoms with Crippen LogP contribution < -0.4 is 5.32 Å². The van der Waals surface area contributed by atoms with Crippen LogP contribution in [0.2, 0.25) is 0 Å². The number of carboxylic acids is 1. The first-order chi connectivity index (χ1) is 9.22. The number of carbonyl (C=O) groups excluding carboxylic acids is 2. The molecule has 0 unspecified atom stereocenters. The smallest absolute Gasteiger partial charge is 0.308 e. The summed E-state index contributed by atoms with van der Waals surface area (Å²) in [7, 11) is 0. The summed E-state index contributed by atoms with van der Waals surface area (Å²) < 4.78 is 0. The Bertz CT molecular complexity index is 402. The van der Waals surface area contributed by atoms with E-state index in [1.807, 2.05) is 6.92 Å². The molecular formula is C14H23NO5. The van der Waals surface area contributed by atoms with Crippen LogP contribution in [-0.2, 0) is 14.4 Å². The SMILES string of the molecule is CC/C=C(\C)C(=O)NCC(=O)[C@@H](C)[C@@H](O)[C@H](C)C(=O)O. The van der Waals surface area contributed by atoms with Crippen molar-refractivity contribution < 1.29 is 24.6 Å². The lowest BCUT2D eigenvalue weighted by Crippen LogP contribution is -2.40. The molecule has 0 rings (SSSR count). The maximum atomic E-state index is 11.8. The fourth-order valence-corrected chi connectivity index (χ4v) is 1.64. The van der Waals surface area contributed by atoms with Crippen molar-refractivity contribution in [2.45, 2.75) is 40.2 Å². The summed E-state index contributed by atoms with van der Waals surface area (Å²) in [6.07, 6.45) is 1.19. The third-order valence-electron chi connectivity index (χ3n) is 3.21. The number of carboxylic acid groups (broad SMARTS) is 1. The molecule has 0 heterocycles. The number of allylic oxidation sites excluding steroid dienone is 1. The number of amides is 1. The van der Waals surface area contributed by atoms with E-state index < -0.39 is 29.7 Å². The Morgan fingerprint density at radius 2 is 1.75 bits per heavy atom. The van der Waals surface area contributed by atoms with E-state index in [0.29, 0.717) is 5.57 Å². The minimum atomic E-state index is -1.27. The number of aliphatic hydroxyl groups excluding tert-OH is 1. The largest absolute Gasteiger partial charge is 0.481 e. The van der Waals surface area contributed by atoms with E-state index in [1.54, 1.807) is 13.0 Å². The average Bonchev–Trinajstić information content (AvgIpc) is 2.41. The molecular weight excluding hydrogens is 262 g/mol. The minimum absolute atomic E-state index is 0.224. The third kappa shape index (κ3) is 5.52. The number of rotatable bonds is 8. The van der Waals surface area contributed by atoms with E-state index in [1.165, 1.54) is 13.8 Å². The zero-order valence-electron chi connectivity index (χ0n) is 12.3. The lowest BCUT2D eigenvalue weighted by Gasteiger charge is -2.21. The molecule has 6 nitrogen and oxygen atoms in total. The summed E-state index contributed by atoms with van der Waals surface area (Å²) in [6.45, 7) is 6.11. The van der Waals surface area contributed by atoms with Crippen LogP contribution >= 0.6 is 0 Å². The summed E-state index contributed by atoms with van der Waals surface area (Å²) in [5, 5.41) is 21.0. The zero-order chi connectivity index (χ0) is 15.9. The van der Waals surface area contributed by atoms with E-state index in [-0.39, 0.29) is 12.5 Å². The highest BCUT2D eigenvalue weighted by molar-refractivity contribution is 5.96. The number of ketones is 1. The fourth-order valence-electron chi connectivity index (χ4n) is 1.64. The van der Waals surface area contributed by atoms with Gasteiger partial charge in [-0.1, -0.05) is 19.9 Å². The Hall–Kier alpha value is -1.69. The second-order valence-electron chi connectivity index (χ2n) is 4.85. The molecule has 0 radical (unpaired) electrons. The van der Waals surface area contributed by atoms with Crippen LogP contribution in [0.1, 0.15) is 34.1 Å². The summed E-state index contributed by atoms with van der Waals surface area (Å²) in [5.41, 5.74) is 0.521. The molecule has 3 atom stereocenters. The molecule has 0 aliphatic heterocycles. The number of hydrogen-bond donors (Lipinski definition) is 3. The monoisotopic (exact) mass is 285 g/mol. The highest BCUT2D eigenvalue weighted by Crippen LogP contribution is 2.14. The molecule has 0 saturated heterocycles. The number of aliphatic hydroxyl groups is 1. The lowest BCUT2D eigenvalue weighted by atomic mass is 9.90. The van der Waals surface area contributed by atoms with Gasteiger partial charge in [0, 0.05) is 11.5 Å². The van der Waals surface area contributed by atoms with Crippen molar-refractivity contribution in [1.29, 1.82) is 0 Å². The van der Waals surface area contributed by atoms with Crippen molar-refractivity contribution in [3.05, 3.63) is 11.6 Å². The topological polar surface area (TPSA) is 104 Å². The first-order valence-corrected chi connectivity index (χ1v) is 6.60. The summed E-state index contributed by atoms with van der Waals surface area (Å²) in [5.74, 6) is -3.79. The van der Waals surface area contributed by atoms with Crippen molar-refractivity contribution >= 4 is 17.7 Å². The van der Waals surface area contributed by atoms with E-state index in [4.69, 9.17) is 5.11 Å². The average molecular weight is 285 g/mol. The number of Topliss-reactive ketones (excluding diaryl/α,β-unsaturated/α-hetero) is 1. The molecule has 0 bridgehead atoms. The van der Waals surface area contributed by atoms with Crippen LogP contribution in [-0.4, -0.2) is 40.5 Å². The van der Waals surface area contributed by atoms with E-state index in [9.17, 15) is 19.5 Å². The standard InChI is InChI=1S/C14H23NO5/c1-5-6-8(2)13(18)15-7-11(16)9(3)12(17)10(4)14(19)20/h6,9-10,12,17H,5,7H2,1-4H3,(H,15,18)(H,19,20)/b8-6+/t9-,10+,12-/m1/s1. The van der Waals surface area contributed by atoms with Gasteiger partial charge in [0.05, 0.1) is 18.6 Å². The molecule has 0 aromatic heterocycles. The number of hydrogen-bond acceptors (Lipinski definition) is 4. The minimum Gasteiger partial charge on any atom is -0.481 e. The summed E-state index contributed by atoms with van der Waals surface area (Å²) in [4.78, 5) is 34.1. The molecule has 0 aromatic carbocycles. The molecule has 6 heteroatoms. The zero-order valence-corrected chi connectivity index (χ0v) is 12.3. The van der Waals surface area contributed by atoms with E-state index in [2.05, 4.69) is 5.32 Å². The van der Waals surface area contributed by atoms with E-state index >= 15 is 0 Å². The third-order valence-corrected chi connectivity index (χ3v) is 3.21. The molecule has 0 aliphatic carbocycles. The molecule has 0 fully saturated rings. The van der Waals surface area contributed by atoms with Crippen molar-refractivity contribution in [2.75, 3.05) is 6.54 Å². The maximum Gasteiger partial charge on any atom is 0.308 e. The van der Waals surface area contributed by atoms with Gasteiger partial charge < -0.3 is 15.5 Å². The van der Waals surface area contributed by atoms with Gasteiger partial charge in [-0.2, -0.15) is 0 Å². The van der Waals surface area contributed by atoms with Gasteiger partial charge in [-0.25, -0.2) is 0 Å². The number of nitrogens with one attached hydrogen (secondary N) is 1. The van der Waals surface area contributed by atoms with Crippen LogP contribution in [0.15, 0.2) is 11.6 Å². The van der Waals surface area contributed by atoms with Gasteiger partial charge in [0.1, 0.15) is 0 Å². The normalized spacial score (nSPS) is 16.1. The Morgan fingerprint density at radius 1 is 1.20 bits per heavy atom. The van der Waals surface area contributed by atoms with Crippen molar-refractivity contribution in [1.82, 2.24) is 5.32 Å². The Morgan fingerprint density at radius 3 is 2.20 bits per heavy atom. The first-order valence-electron chi connectivity index (χ1n) is 6.60. The molecule has 0 aromatic rings. The Labute approximate surface area is 118 Å². The van der Waals surface area contributed by atoms with Crippen molar-refractivity contribution in [2.24, 2.45) is 11.8 Å².